The number of nitrogens with zero attached hydrogens (tertiary/aromatic N) is 1. The van der Waals surface area contributed by atoms with Crippen molar-refractivity contribution in [1.82, 2.24) is 0 Å². The number of hydrogen-bond donors (Lipinski definition) is 0. The maximum Gasteiger partial charge on any atom is 0.372 e. The first-order valence-corrected chi connectivity index (χ1v) is 5.49. The van der Waals surface area contributed by atoms with Crippen LogP contribution in [0.2, 0.25) is 0 Å². The quantitative estimate of drug-likeness (QED) is 0.560. The molecule has 1 aromatic heterocycles. The number of ether oxygens (including phenoxy) is 2. The van der Waals surface area contributed by atoms with E-state index < -0.39 is 0 Å². The highest BCUT2D eigenvalue weighted by Gasteiger charge is 2.12. The number of aromatic nitrogens is 1. The molecule has 0 amide bonds. The Kier molecular flexibility index (Phi) is 5.13. The topological polar surface area (TPSA) is 56.5 Å². The molecule has 5 heteroatoms. The summed E-state index contributed by atoms with van der Waals surface area (Å²) in [6.45, 7) is 4.35. The largest absolute Gasteiger partial charge is 0.462 e. The van der Waals surface area contributed by atoms with Gasteiger partial charge in [-0.1, -0.05) is 0 Å². The Morgan fingerprint density at radius 3 is 2.24 bits per heavy atom. The minimum absolute atomic E-state index is 0.136. The van der Waals surface area contributed by atoms with Crippen molar-refractivity contribution in [1.29, 1.82) is 0 Å². The molecule has 92 valence electrons. The van der Waals surface area contributed by atoms with Gasteiger partial charge in [0.15, 0.2) is 12.4 Å². The Morgan fingerprint density at radius 1 is 1.12 bits per heavy atom. The van der Waals surface area contributed by atoms with Crippen LogP contribution in [0.25, 0.3) is 0 Å². The summed E-state index contributed by atoms with van der Waals surface area (Å²) in [6.07, 6.45) is 3.28. The standard InChI is InChI=1S/C12H16NO4/c1-3-16-11(14)9-13-7-5-10(6-8-13)12(15)17-4-2/h5-8H,3-4,9H2,1-2H3/q+1. The molecule has 0 spiro atoms. The molecule has 0 bridgehead atoms. The molecule has 0 fully saturated rings. The van der Waals surface area contributed by atoms with Crippen LogP contribution in [-0.4, -0.2) is 25.2 Å². The van der Waals surface area contributed by atoms with Gasteiger partial charge in [-0.15, -0.1) is 0 Å². The van der Waals surface area contributed by atoms with Gasteiger partial charge in [-0.25, -0.2) is 9.59 Å². The zero-order valence-corrected chi connectivity index (χ0v) is 10.0. The Hall–Kier alpha value is -1.91. The lowest BCUT2D eigenvalue weighted by molar-refractivity contribution is -0.686. The van der Waals surface area contributed by atoms with Crippen molar-refractivity contribution in [2.45, 2.75) is 20.4 Å². The highest BCUT2D eigenvalue weighted by molar-refractivity contribution is 5.88. The molecule has 0 aliphatic heterocycles. The van der Waals surface area contributed by atoms with Crippen LogP contribution < -0.4 is 4.57 Å². The lowest BCUT2D eigenvalue weighted by Crippen LogP contribution is -2.38. The SMILES string of the molecule is CCOC(=O)C[n+]1ccc(C(=O)OCC)cc1. The predicted molar refractivity (Wildman–Crippen MR) is 59.2 cm³/mol. The highest BCUT2D eigenvalue weighted by Crippen LogP contribution is 1.98. The molecule has 0 N–H and O–H groups in total. The van der Waals surface area contributed by atoms with Crippen LogP contribution in [0.3, 0.4) is 0 Å². The third-order valence-electron chi connectivity index (χ3n) is 2.02. The smallest absolute Gasteiger partial charge is 0.372 e. The van der Waals surface area contributed by atoms with E-state index in [1.54, 1.807) is 42.9 Å². The van der Waals surface area contributed by atoms with E-state index in [0.717, 1.165) is 0 Å². The van der Waals surface area contributed by atoms with E-state index in [1.807, 2.05) is 0 Å². The molecule has 0 aliphatic carbocycles. The van der Waals surface area contributed by atoms with Crippen molar-refractivity contribution in [3.05, 3.63) is 30.1 Å². The monoisotopic (exact) mass is 238 g/mol. The molecule has 1 aromatic rings. The first-order valence-electron chi connectivity index (χ1n) is 5.49. The maximum absolute atomic E-state index is 11.4. The third-order valence-corrected chi connectivity index (χ3v) is 2.02. The minimum Gasteiger partial charge on any atom is -0.462 e. The van der Waals surface area contributed by atoms with Gasteiger partial charge in [0.25, 0.3) is 0 Å². The second-order valence-electron chi connectivity index (χ2n) is 3.28. The fourth-order valence-corrected chi connectivity index (χ4v) is 1.27. The van der Waals surface area contributed by atoms with E-state index in [-0.39, 0.29) is 18.5 Å². The lowest BCUT2D eigenvalue weighted by Gasteiger charge is -2.01. The van der Waals surface area contributed by atoms with Crippen LogP contribution in [0.15, 0.2) is 24.5 Å². The molecule has 0 aliphatic rings. The molecule has 5 nitrogen and oxygen atoms in total. The van der Waals surface area contributed by atoms with Crippen molar-refractivity contribution in [3.63, 3.8) is 0 Å². The van der Waals surface area contributed by atoms with Crippen LogP contribution in [0, 0.1) is 0 Å². The summed E-state index contributed by atoms with van der Waals surface area (Å²) in [5, 5.41) is 0. The molecule has 0 saturated carbocycles. The summed E-state index contributed by atoms with van der Waals surface area (Å²) in [5.74, 6) is -0.669. The minimum atomic E-state index is -0.365. The van der Waals surface area contributed by atoms with E-state index >= 15 is 0 Å². The van der Waals surface area contributed by atoms with Crippen molar-refractivity contribution >= 4 is 11.9 Å². The fraction of sp³-hybridized carbons (Fsp3) is 0.417. The molecule has 1 rings (SSSR count). The van der Waals surface area contributed by atoms with Crippen molar-refractivity contribution in [2.24, 2.45) is 0 Å². The number of carbonyl (C=O) groups excluding carboxylic acids is 2. The Balaban J connectivity index is 2.61. The number of hydrogen-bond acceptors (Lipinski definition) is 4. The Morgan fingerprint density at radius 2 is 1.71 bits per heavy atom. The van der Waals surface area contributed by atoms with Crippen LogP contribution >= 0.6 is 0 Å². The first-order chi connectivity index (χ1) is 8.17. The summed E-state index contributed by atoms with van der Waals surface area (Å²) < 4.78 is 11.3. The van der Waals surface area contributed by atoms with Gasteiger partial charge in [0, 0.05) is 12.1 Å². The molecule has 17 heavy (non-hydrogen) atoms. The maximum atomic E-state index is 11.4. The van der Waals surface area contributed by atoms with E-state index in [9.17, 15) is 9.59 Å². The van der Waals surface area contributed by atoms with Gasteiger partial charge in [-0.2, -0.15) is 4.57 Å². The average molecular weight is 238 g/mol. The van der Waals surface area contributed by atoms with Crippen molar-refractivity contribution in [3.8, 4) is 0 Å². The fourth-order valence-electron chi connectivity index (χ4n) is 1.27. The van der Waals surface area contributed by atoms with Gasteiger partial charge in [0.1, 0.15) is 0 Å². The van der Waals surface area contributed by atoms with Gasteiger partial charge in [0.2, 0.25) is 6.54 Å². The van der Waals surface area contributed by atoms with E-state index in [0.29, 0.717) is 18.8 Å². The van der Waals surface area contributed by atoms with Gasteiger partial charge in [0.05, 0.1) is 18.8 Å². The Labute approximate surface area is 100.0 Å². The average Bonchev–Trinajstić information content (AvgIpc) is 2.30. The Bertz CT molecular complexity index is 386. The van der Waals surface area contributed by atoms with Gasteiger partial charge < -0.3 is 9.47 Å². The number of carbonyl (C=O) groups is 2. The normalized spacial score (nSPS) is 9.76. The molecule has 0 atom stereocenters. The lowest BCUT2D eigenvalue weighted by atomic mass is 10.3. The summed E-state index contributed by atoms with van der Waals surface area (Å²) in [5.41, 5.74) is 0.465. The summed E-state index contributed by atoms with van der Waals surface area (Å²) in [7, 11) is 0. The zero-order valence-electron chi connectivity index (χ0n) is 10.0. The van der Waals surface area contributed by atoms with Crippen LogP contribution in [0.4, 0.5) is 0 Å². The van der Waals surface area contributed by atoms with Gasteiger partial charge in [-0.3, -0.25) is 0 Å². The van der Waals surface area contributed by atoms with Crippen LogP contribution in [0.1, 0.15) is 24.2 Å². The predicted octanol–water partition coefficient (Wildman–Crippen LogP) is 0.714. The van der Waals surface area contributed by atoms with Crippen LogP contribution in [-0.2, 0) is 20.8 Å². The molecule has 0 saturated heterocycles. The van der Waals surface area contributed by atoms with Crippen molar-refractivity contribution < 1.29 is 23.6 Å². The first kappa shape index (κ1) is 13.2. The van der Waals surface area contributed by atoms with Crippen LogP contribution in [0.5, 0.6) is 0 Å². The number of rotatable bonds is 5. The number of pyridine rings is 1. The third kappa shape index (κ3) is 4.22. The molecule has 0 aromatic carbocycles. The van der Waals surface area contributed by atoms with Crippen molar-refractivity contribution in [2.75, 3.05) is 13.2 Å². The van der Waals surface area contributed by atoms with Gasteiger partial charge in [-0.05, 0) is 13.8 Å². The molecule has 0 unspecified atom stereocenters. The van der Waals surface area contributed by atoms with E-state index in [2.05, 4.69) is 0 Å². The second kappa shape index (κ2) is 6.62. The van der Waals surface area contributed by atoms with E-state index in [1.165, 1.54) is 0 Å². The van der Waals surface area contributed by atoms with Gasteiger partial charge >= 0.3 is 11.9 Å². The van der Waals surface area contributed by atoms with E-state index in [4.69, 9.17) is 9.47 Å². The summed E-state index contributed by atoms with van der Waals surface area (Å²) >= 11 is 0. The highest BCUT2D eigenvalue weighted by atomic mass is 16.5. The molecule has 0 radical (unpaired) electrons. The zero-order chi connectivity index (χ0) is 12.7. The summed E-state index contributed by atoms with van der Waals surface area (Å²) in [6, 6.07) is 3.22. The second-order valence-corrected chi connectivity index (χ2v) is 3.28. The summed E-state index contributed by atoms with van der Waals surface area (Å²) in [4.78, 5) is 22.6. The molecule has 1 heterocycles. The molecular weight excluding hydrogens is 222 g/mol. The molecular formula is C12H16NO4+. The number of esters is 2.